The Balaban J connectivity index is 2.27. The molecule has 2 rings (SSSR count). The number of hydrogen-bond acceptors (Lipinski definition) is 2. The fourth-order valence-corrected chi connectivity index (χ4v) is 1.96. The van der Waals surface area contributed by atoms with Crippen molar-refractivity contribution in [3.63, 3.8) is 0 Å². The summed E-state index contributed by atoms with van der Waals surface area (Å²) in [6, 6.07) is 7.26. The molecule has 0 aromatic heterocycles. The number of nitrogens with one attached hydrogen (secondary N) is 1. The van der Waals surface area contributed by atoms with E-state index in [9.17, 15) is 13.9 Å². The van der Waals surface area contributed by atoms with Crippen molar-refractivity contribution in [1.82, 2.24) is 0 Å². The number of phenols is 1. The molecule has 0 saturated heterocycles. The average molecular weight is 284 g/mol. The predicted octanol–water partition coefficient (Wildman–Crippen LogP) is 4.50. The summed E-state index contributed by atoms with van der Waals surface area (Å²) in [5, 5.41) is 12.9. The van der Waals surface area contributed by atoms with Crippen molar-refractivity contribution in [2.75, 3.05) is 5.32 Å². The lowest BCUT2D eigenvalue weighted by atomic mass is 10.1. The van der Waals surface area contributed by atoms with Gasteiger partial charge in [0.1, 0.15) is 17.4 Å². The number of benzene rings is 2. The minimum atomic E-state index is -0.469. The van der Waals surface area contributed by atoms with Gasteiger partial charge in [-0.15, -0.1) is 0 Å². The summed E-state index contributed by atoms with van der Waals surface area (Å²) >= 11 is 5.79. The number of aromatic hydroxyl groups is 1. The van der Waals surface area contributed by atoms with E-state index in [1.165, 1.54) is 30.3 Å². The Labute approximate surface area is 114 Å². The van der Waals surface area contributed by atoms with Crippen LogP contribution in [-0.4, -0.2) is 5.11 Å². The van der Waals surface area contributed by atoms with Crippen molar-refractivity contribution in [2.24, 2.45) is 0 Å². The van der Waals surface area contributed by atoms with Gasteiger partial charge < -0.3 is 10.4 Å². The molecule has 0 radical (unpaired) electrons. The van der Waals surface area contributed by atoms with E-state index in [4.69, 9.17) is 11.6 Å². The fourth-order valence-electron chi connectivity index (χ4n) is 1.79. The number of rotatable bonds is 3. The molecule has 1 atom stereocenters. The molecule has 2 nitrogen and oxygen atoms in total. The van der Waals surface area contributed by atoms with Crippen molar-refractivity contribution in [3.05, 3.63) is 58.6 Å². The maximum Gasteiger partial charge on any atom is 0.146 e. The van der Waals surface area contributed by atoms with E-state index in [0.29, 0.717) is 10.6 Å². The van der Waals surface area contributed by atoms with Gasteiger partial charge in [0.25, 0.3) is 0 Å². The van der Waals surface area contributed by atoms with E-state index in [1.807, 2.05) is 0 Å². The van der Waals surface area contributed by atoms with Crippen LogP contribution in [-0.2, 0) is 0 Å². The Morgan fingerprint density at radius 1 is 1.16 bits per heavy atom. The second-order valence-corrected chi connectivity index (χ2v) is 4.63. The lowest BCUT2D eigenvalue weighted by molar-refractivity contribution is 0.462. The standard InChI is InChI=1S/C14H12ClF2NO/c1-8(11-7-10(16)3-5-14(11)19)18-13-6-9(15)2-4-12(13)17/h2-8,18-19H,1H3. The molecule has 2 N–H and O–H groups in total. The summed E-state index contributed by atoms with van der Waals surface area (Å²) in [6.07, 6.45) is 0. The van der Waals surface area contributed by atoms with Crippen LogP contribution in [0.1, 0.15) is 18.5 Å². The zero-order valence-corrected chi connectivity index (χ0v) is 10.9. The van der Waals surface area contributed by atoms with E-state index >= 15 is 0 Å². The minimum Gasteiger partial charge on any atom is -0.508 e. The van der Waals surface area contributed by atoms with Gasteiger partial charge in [-0.25, -0.2) is 8.78 Å². The number of hydrogen-bond donors (Lipinski definition) is 2. The molecule has 0 fully saturated rings. The number of halogens is 3. The fraction of sp³-hybridized carbons (Fsp3) is 0.143. The third-order valence-electron chi connectivity index (χ3n) is 2.76. The first-order valence-electron chi connectivity index (χ1n) is 5.67. The number of phenolic OH excluding ortho intramolecular Hbond substituents is 1. The smallest absolute Gasteiger partial charge is 0.146 e. The zero-order valence-electron chi connectivity index (χ0n) is 10.1. The second kappa shape index (κ2) is 5.45. The molecule has 2 aromatic rings. The van der Waals surface area contributed by atoms with Gasteiger partial charge in [0.05, 0.1) is 11.7 Å². The van der Waals surface area contributed by atoms with E-state index in [1.54, 1.807) is 6.92 Å². The van der Waals surface area contributed by atoms with Crippen LogP contribution in [0.15, 0.2) is 36.4 Å². The topological polar surface area (TPSA) is 32.3 Å². The molecule has 5 heteroatoms. The molecule has 0 amide bonds. The molecule has 0 aliphatic heterocycles. The third-order valence-corrected chi connectivity index (χ3v) is 2.99. The Bertz CT molecular complexity index is 604. The molecule has 0 aliphatic carbocycles. The Morgan fingerprint density at radius 3 is 2.63 bits per heavy atom. The Morgan fingerprint density at radius 2 is 1.89 bits per heavy atom. The summed E-state index contributed by atoms with van der Waals surface area (Å²) < 4.78 is 26.7. The van der Waals surface area contributed by atoms with Crippen molar-refractivity contribution in [1.29, 1.82) is 0 Å². The SMILES string of the molecule is CC(Nc1cc(Cl)ccc1F)c1cc(F)ccc1O. The summed E-state index contributed by atoms with van der Waals surface area (Å²) in [5.41, 5.74) is 0.544. The predicted molar refractivity (Wildman–Crippen MR) is 71.5 cm³/mol. The Hall–Kier alpha value is -1.81. The van der Waals surface area contributed by atoms with Crippen LogP contribution in [0.25, 0.3) is 0 Å². The Kier molecular flexibility index (Phi) is 3.90. The van der Waals surface area contributed by atoms with Gasteiger partial charge in [-0.05, 0) is 43.3 Å². The first-order valence-corrected chi connectivity index (χ1v) is 6.05. The van der Waals surface area contributed by atoms with Crippen LogP contribution in [0.5, 0.6) is 5.75 Å². The highest BCUT2D eigenvalue weighted by atomic mass is 35.5. The van der Waals surface area contributed by atoms with Crippen LogP contribution in [0.4, 0.5) is 14.5 Å². The van der Waals surface area contributed by atoms with Crippen molar-refractivity contribution in [2.45, 2.75) is 13.0 Å². The molecule has 0 bridgehead atoms. The van der Waals surface area contributed by atoms with Gasteiger partial charge >= 0.3 is 0 Å². The molecule has 100 valence electrons. The molecular weight excluding hydrogens is 272 g/mol. The minimum absolute atomic E-state index is 0.0520. The molecule has 0 heterocycles. The molecule has 0 saturated carbocycles. The first kappa shape index (κ1) is 13.6. The van der Waals surface area contributed by atoms with Gasteiger partial charge in [-0.3, -0.25) is 0 Å². The average Bonchev–Trinajstić information content (AvgIpc) is 2.36. The lowest BCUT2D eigenvalue weighted by Gasteiger charge is -2.17. The molecule has 0 spiro atoms. The molecule has 0 aliphatic rings. The third kappa shape index (κ3) is 3.15. The molecule has 1 unspecified atom stereocenters. The van der Waals surface area contributed by atoms with E-state index in [-0.39, 0.29) is 11.4 Å². The lowest BCUT2D eigenvalue weighted by Crippen LogP contribution is -2.08. The van der Waals surface area contributed by atoms with Crippen molar-refractivity contribution in [3.8, 4) is 5.75 Å². The maximum absolute atomic E-state index is 13.6. The van der Waals surface area contributed by atoms with E-state index in [0.717, 1.165) is 6.07 Å². The summed E-state index contributed by atoms with van der Waals surface area (Å²) in [6.45, 7) is 1.69. The van der Waals surface area contributed by atoms with Crippen LogP contribution < -0.4 is 5.32 Å². The summed E-state index contributed by atoms with van der Waals surface area (Å²) in [5.74, 6) is -0.982. The normalized spacial score (nSPS) is 12.2. The van der Waals surface area contributed by atoms with Crippen LogP contribution in [0.3, 0.4) is 0 Å². The highest BCUT2D eigenvalue weighted by Gasteiger charge is 2.13. The van der Waals surface area contributed by atoms with Crippen LogP contribution in [0.2, 0.25) is 5.02 Å². The van der Waals surface area contributed by atoms with Gasteiger partial charge in [0.15, 0.2) is 0 Å². The molecule has 2 aromatic carbocycles. The quantitative estimate of drug-likeness (QED) is 0.869. The largest absolute Gasteiger partial charge is 0.508 e. The summed E-state index contributed by atoms with van der Waals surface area (Å²) in [7, 11) is 0. The highest BCUT2D eigenvalue weighted by molar-refractivity contribution is 6.30. The van der Waals surface area contributed by atoms with Crippen molar-refractivity contribution < 1.29 is 13.9 Å². The zero-order chi connectivity index (χ0) is 14.0. The van der Waals surface area contributed by atoms with Crippen molar-refractivity contribution >= 4 is 17.3 Å². The van der Waals surface area contributed by atoms with Gasteiger partial charge in [-0.2, -0.15) is 0 Å². The van der Waals surface area contributed by atoms with E-state index < -0.39 is 17.7 Å². The second-order valence-electron chi connectivity index (χ2n) is 4.19. The molecular formula is C14H12ClF2NO. The van der Waals surface area contributed by atoms with Crippen LogP contribution in [0, 0.1) is 11.6 Å². The van der Waals surface area contributed by atoms with Gasteiger partial charge in [0, 0.05) is 10.6 Å². The first-order chi connectivity index (χ1) is 8.97. The maximum atomic E-state index is 13.6. The van der Waals surface area contributed by atoms with Crippen LogP contribution >= 0.6 is 11.6 Å². The number of anilines is 1. The van der Waals surface area contributed by atoms with Gasteiger partial charge in [-0.1, -0.05) is 11.6 Å². The van der Waals surface area contributed by atoms with E-state index in [2.05, 4.69) is 5.32 Å². The van der Waals surface area contributed by atoms with Gasteiger partial charge in [0.2, 0.25) is 0 Å². The summed E-state index contributed by atoms with van der Waals surface area (Å²) in [4.78, 5) is 0. The monoisotopic (exact) mass is 283 g/mol. The molecule has 19 heavy (non-hydrogen) atoms. The highest BCUT2D eigenvalue weighted by Crippen LogP contribution is 2.29.